The van der Waals surface area contributed by atoms with Gasteiger partial charge in [-0.05, 0) is 32.0 Å². The zero-order chi connectivity index (χ0) is 18.2. The minimum absolute atomic E-state index is 0.0130. The summed E-state index contributed by atoms with van der Waals surface area (Å²) < 4.78 is 11.9. The number of nitrogens with one attached hydrogen (secondary N) is 1. The van der Waals surface area contributed by atoms with Crippen LogP contribution in [0.5, 0.6) is 0 Å². The van der Waals surface area contributed by atoms with Crippen molar-refractivity contribution in [2.45, 2.75) is 32.5 Å². The van der Waals surface area contributed by atoms with E-state index in [-0.39, 0.29) is 17.7 Å². The van der Waals surface area contributed by atoms with Crippen LogP contribution >= 0.6 is 0 Å². The molecule has 128 valence electrons. The Morgan fingerprint density at radius 1 is 1.48 bits per heavy atom. The fraction of sp³-hybridized carbons (Fsp3) is 0.333. The summed E-state index contributed by atoms with van der Waals surface area (Å²) in [7, 11) is 1.31. The predicted molar refractivity (Wildman–Crippen MR) is 88.0 cm³/mol. The number of esters is 1. The van der Waals surface area contributed by atoms with E-state index in [1.807, 2.05) is 13.8 Å². The third-order valence-corrected chi connectivity index (χ3v) is 4.15. The molecule has 1 aromatic carbocycles. The number of fused-ring (bicyclic) bond motifs is 1. The first kappa shape index (κ1) is 16.9. The van der Waals surface area contributed by atoms with E-state index in [1.165, 1.54) is 11.8 Å². The number of hydrogen-bond acceptors (Lipinski definition) is 6. The molecule has 0 saturated heterocycles. The highest BCUT2D eigenvalue weighted by Crippen LogP contribution is 2.27. The van der Waals surface area contributed by atoms with Gasteiger partial charge in [0.1, 0.15) is 11.6 Å². The Morgan fingerprint density at radius 3 is 2.92 bits per heavy atom. The van der Waals surface area contributed by atoms with E-state index in [4.69, 9.17) is 14.9 Å². The maximum Gasteiger partial charge on any atom is 0.337 e. The number of rotatable bonds is 2. The molecule has 3 rings (SSSR count). The number of carbonyl (C=O) groups is 1. The van der Waals surface area contributed by atoms with Crippen molar-refractivity contribution in [1.29, 1.82) is 10.7 Å². The summed E-state index contributed by atoms with van der Waals surface area (Å²) in [5.74, 6) is -0.475. The van der Waals surface area contributed by atoms with Crippen LogP contribution in [0, 0.1) is 16.7 Å². The lowest BCUT2D eigenvalue weighted by Crippen LogP contribution is -2.37. The number of benzene rings is 1. The SMILES string of the molecule is COC(=O)c1cccc(-n2nc3c(c(C#N)c2=N)CC(C)(C)OC3)c1. The lowest BCUT2D eigenvalue weighted by Gasteiger charge is -2.31. The first-order chi connectivity index (χ1) is 11.9. The normalized spacial score (nSPS) is 15.1. The number of ether oxygens (including phenoxy) is 2. The molecular formula is C18H18N4O3. The van der Waals surface area contributed by atoms with Crippen molar-refractivity contribution in [1.82, 2.24) is 9.78 Å². The molecule has 1 aliphatic heterocycles. The molecule has 2 aromatic rings. The van der Waals surface area contributed by atoms with Gasteiger partial charge in [-0.3, -0.25) is 5.41 Å². The van der Waals surface area contributed by atoms with E-state index in [0.29, 0.717) is 23.4 Å². The van der Waals surface area contributed by atoms with Crippen LogP contribution in [0.1, 0.15) is 41.0 Å². The Bertz CT molecular complexity index is 954. The Kier molecular flexibility index (Phi) is 4.15. The summed E-state index contributed by atoms with van der Waals surface area (Å²) in [6.07, 6.45) is 0.521. The highest BCUT2D eigenvalue weighted by atomic mass is 16.5. The van der Waals surface area contributed by atoms with E-state index in [1.54, 1.807) is 24.3 Å². The average molecular weight is 338 g/mol. The number of nitriles is 1. The van der Waals surface area contributed by atoms with Crippen molar-refractivity contribution < 1.29 is 14.3 Å². The van der Waals surface area contributed by atoms with Crippen LogP contribution in [-0.4, -0.2) is 28.5 Å². The van der Waals surface area contributed by atoms with Crippen molar-refractivity contribution in [2.24, 2.45) is 0 Å². The number of hydrogen-bond donors (Lipinski definition) is 1. The molecule has 7 nitrogen and oxygen atoms in total. The van der Waals surface area contributed by atoms with Gasteiger partial charge in [0.2, 0.25) is 0 Å². The zero-order valence-corrected chi connectivity index (χ0v) is 14.3. The molecular weight excluding hydrogens is 320 g/mol. The fourth-order valence-corrected chi connectivity index (χ4v) is 2.86. The molecule has 0 fully saturated rings. The van der Waals surface area contributed by atoms with Crippen molar-refractivity contribution in [2.75, 3.05) is 7.11 Å². The number of aromatic nitrogens is 2. The largest absolute Gasteiger partial charge is 0.465 e. The van der Waals surface area contributed by atoms with Crippen LogP contribution in [0.4, 0.5) is 0 Å². The maximum absolute atomic E-state index is 11.7. The molecule has 0 saturated carbocycles. The standard InChI is InChI=1S/C18H18N4O3/c1-18(2)8-13-14(9-19)16(20)22(21-15(13)10-25-18)12-6-4-5-11(7-12)17(23)24-3/h4-7,20H,8,10H2,1-3H3. The Balaban J connectivity index is 2.18. The van der Waals surface area contributed by atoms with Gasteiger partial charge in [0.25, 0.3) is 0 Å². The molecule has 0 bridgehead atoms. The Hall–Kier alpha value is -2.98. The molecule has 1 aliphatic rings. The van der Waals surface area contributed by atoms with Crippen LogP contribution < -0.4 is 5.49 Å². The van der Waals surface area contributed by atoms with E-state index in [2.05, 4.69) is 11.2 Å². The van der Waals surface area contributed by atoms with Crippen LogP contribution in [0.15, 0.2) is 24.3 Å². The molecule has 1 N–H and O–H groups in total. The molecule has 0 amide bonds. The first-order valence-electron chi connectivity index (χ1n) is 7.79. The molecule has 0 unspecified atom stereocenters. The molecule has 25 heavy (non-hydrogen) atoms. The lowest BCUT2D eigenvalue weighted by atomic mass is 9.92. The predicted octanol–water partition coefficient (Wildman–Crippen LogP) is 1.86. The number of methoxy groups -OCH3 is 1. The van der Waals surface area contributed by atoms with E-state index in [0.717, 1.165) is 5.56 Å². The third kappa shape index (κ3) is 3.04. The summed E-state index contributed by atoms with van der Waals surface area (Å²) in [4.78, 5) is 11.7. The summed E-state index contributed by atoms with van der Waals surface area (Å²) in [6, 6.07) is 8.73. The smallest absolute Gasteiger partial charge is 0.337 e. The molecule has 0 aliphatic carbocycles. The zero-order valence-electron chi connectivity index (χ0n) is 14.3. The van der Waals surface area contributed by atoms with E-state index >= 15 is 0 Å². The highest BCUT2D eigenvalue weighted by molar-refractivity contribution is 5.89. The Labute approximate surface area is 144 Å². The van der Waals surface area contributed by atoms with Crippen LogP contribution in [0.25, 0.3) is 5.69 Å². The van der Waals surface area contributed by atoms with Crippen LogP contribution in [0.2, 0.25) is 0 Å². The summed E-state index contributed by atoms with van der Waals surface area (Å²) in [5.41, 5.74) is 2.12. The molecule has 2 heterocycles. The molecule has 0 atom stereocenters. The minimum atomic E-state index is -0.475. The summed E-state index contributed by atoms with van der Waals surface area (Å²) in [6.45, 7) is 4.16. The second kappa shape index (κ2) is 6.15. The van der Waals surface area contributed by atoms with Gasteiger partial charge >= 0.3 is 5.97 Å². The molecule has 7 heteroatoms. The fourth-order valence-electron chi connectivity index (χ4n) is 2.86. The van der Waals surface area contributed by atoms with Crippen LogP contribution in [0.3, 0.4) is 0 Å². The van der Waals surface area contributed by atoms with Gasteiger partial charge in [0, 0.05) is 12.0 Å². The molecule has 0 radical (unpaired) electrons. The van der Waals surface area contributed by atoms with E-state index < -0.39 is 11.6 Å². The monoisotopic (exact) mass is 338 g/mol. The van der Waals surface area contributed by atoms with Gasteiger partial charge in [-0.15, -0.1) is 0 Å². The molecule has 0 spiro atoms. The Morgan fingerprint density at radius 2 is 2.24 bits per heavy atom. The minimum Gasteiger partial charge on any atom is -0.465 e. The number of carbonyl (C=O) groups excluding carboxylic acids is 1. The quantitative estimate of drug-likeness (QED) is 0.842. The second-order valence-electron chi connectivity index (χ2n) is 6.44. The van der Waals surface area contributed by atoms with Crippen molar-refractivity contribution in [3.05, 3.63) is 52.1 Å². The molecule has 1 aromatic heterocycles. The summed E-state index contributed by atoms with van der Waals surface area (Å²) >= 11 is 0. The highest BCUT2D eigenvalue weighted by Gasteiger charge is 2.30. The topological polar surface area (TPSA) is 101 Å². The van der Waals surface area contributed by atoms with Gasteiger partial charge in [0.05, 0.1) is 36.3 Å². The third-order valence-electron chi connectivity index (χ3n) is 4.15. The van der Waals surface area contributed by atoms with Gasteiger partial charge in [-0.2, -0.15) is 10.4 Å². The van der Waals surface area contributed by atoms with Gasteiger partial charge in [-0.25, -0.2) is 9.48 Å². The van der Waals surface area contributed by atoms with E-state index in [9.17, 15) is 10.1 Å². The van der Waals surface area contributed by atoms with Crippen molar-refractivity contribution in [3.8, 4) is 11.8 Å². The van der Waals surface area contributed by atoms with Gasteiger partial charge < -0.3 is 9.47 Å². The second-order valence-corrected chi connectivity index (χ2v) is 6.44. The van der Waals surface area contributed by atoms with Gasteiger partial charge in [-0.1, -0.05) is 6.07 Å². The van der Waals surface area contributed by atoms with Gasteiger partial charge in [0.15, 0.2) is 5.49 Å². The van der Waals surface area contributed by atoms with Crippen molar-refractivity contribution >= 4 is 5.97 Å². The lowest BCUT2D eigenvalue weighted by molar-refractivity contribution is -0.0428. The van der Waals surface area contributed by atoms with Crippen molar-refractivity contribution in [3.63, 3.8) is 0 Å². The summed E-state index contributed by atoms with van der Waals surface area (Å²) in [5, 5.41) is 22.5. The number of nitrogens with zero attached hydrogens (tertiary/aromatic N) is 3. The maximum atomic E-state index is 11.7. The average Bonchev–Trinajstić information content (AvgIpc) is 2.60. The first-order valence-corrected chi connectivity index (χ1v) is 7.79. The van der Waals surface area contributed by atoms with Crippen LogP contribution in [-0.2, 0) is 22.5 Å².